The van der Waals surface area contributed by atoms with Crippen molar-refractivity contribution in [1.29, 1.82) is 0 Å². The van der Waals surface area contributed by atoms with Gasteiger partial charge in [-0.1, -0.05) is 299 Å². The van der Waals surface area contributed by atoms with E-state index in [0.717, 1.165) is 33.4 Å². The van der Waals surface area contributed by atoms with Crippen molar-refractivity contribution < 1.29 is 34.1 Å². The number of hydrogen-bond acceptors (Lipinski definition) is 4. The van der Waals surface area contributed by atoms with Crippen LogP contribution in [0.4, 0.5) is 34.1 Å². The molecule has 5 nitrogen and oxygen atoms in total. The maximum absolute atomic E-state index is 12.2. The van der Waals surface area contributed by atoms with Crippen molar-refractivity contribution in [3.05, 3.63) is 344 Å². The number of nitrogens with zero attached hydrogens (tertiary/aromatic N) is 3. The molecule has 0 fully saturated rings. The van der Waals surface area contributed by atoms with Crippen LogP contribution in [-0.4, -0.2) is 18.0 Å². The first kappa shape index (κ1) is 49.3. The van der Waals surface area contributed by atoms with Crippen LogP contribution in [-0.2, 0) is 16.2 Å². The molecular weight excluding hydrogens is 1320 g/mol. The zero-order valence-electron chi connectivity index (χ0n) is 79.6. The Morgan fingerprint density at radius 2 is 0.688 bits per heavy atom. The molecule has 0 spiro atoms. The predicted molar refractivity (Wildman–Crippen MR) is 461 cm³/mol. The Morgan fingerprint density at radius 3 is 1.11 bits per heavy atom. The van der Waals surface area contributed by atoms with E-state index in [0.29, 0.717) is 67.2 Å². The van der Waals surface area contributed by atoms with Gasteiger partial charge in [0.05, 0.1) is 47.1 Å². The fourth-order valence-corrected chi connectivity index (χ4v) is 16.4. The Balaban J connectivity index is 1.06. The van der Waals surface area contributed by atoms with Crippen molar-refractivity contribution in [2.75, 3.05) is 9.80 Å². The van der Waals surface area contributed by atoms with Crippen molar-refractivity contribution in [3.63, 3.8) is 0 Å². The van der Waals surface area contributed by atoms with E-state index in [2.05, 4.69) is 98.7 Å². The summed E-state index contributed by atoms with van der Waals surface area (Å²) in [6, 6.07) is 59.7. The maximum atomic E-state index is 12.2. The topological polar surface area (TPSA) is 29.9 Å². The van der Waals surface area contributed by atoms with Gasteiger partial charge in [-0.2, -0.15) is 0 Å². The van der Waals surface area contributed by atoms with Crippen LogP contribution in [0, 0.1) is 0 Å². The Labute approximate surface area is 665 Å². The summed E-state index contributed by atoms with van der Waals surface area (Å²) in [6.45, 7) is 15.9. The summed E-state index contributed by atoms with van der Waals surface area (Å²) >= 11 is 0. The SMILES string of the molecule is [2H]c1c([2H])c([2H])c2c(c1[2H])Oc1c([2H])c3c(c4c1B2c1c([2H])c([2H])c([2H])c([2H])c1O4)B1c2c(cc(C(C)(C)C)cc2N3c2c(-c3ccccc3)cc(C(C)(C)C)cc2-c2ccccc2)N(c2c(-c3ccccc3)cc(C(C)(C)C)cc2-c2ccccc2)c2c([2H])c(-n3c4c([2H])c([2H])c(-c5ccccc5)c([2H])c4c4c([2H])c(-c5ccccc5)c([2H])c([2H])c43)c([2H])c([2H])c21. The van der Waals surface area contributed by atoms with E-state index in [9.17, 15) is 24.7 Å². The smallest absolute Gasteiger partial charge is 0.260 e. The van der Waals surface area contributed by atoms with Crippen LogP contribution in [0.1, 0.15) is 104 Å². The van der Waals surface area contributed by atoms with Gasteiger partial charge >= 0.3 is 0 Å². The molecule has 0 bridgehead atoms. The monoisotopic (exact) mass is 1420 g/mol. The van der Waals surface area contributed by atoms with Crippen molar-refractivity contribution in [1.82, 2.24) is 4.57 Å². The number of ether oxygens (including phenoxy) is 2. The van der Waals surface area contributed by atoms with Crippen molar-refractivity contribution in [2.24, 2.45) is 0 Å². The van der Waals surface area contributed by atoms with Gasteiger partial charge < -0.3 is 23.8 Å². The molecule has 0 amide bonds. The maximum Gasteiger partial charge on any atom is 0.260 e. The summed E-state index contributed by atoms with van der Waals surface area (Å²) in [5.74, 6) is -1.29. The number of rotatable bonds is 9. The highest BCUT2D eigenvalue weighted by Gasteiger charge is 2.52. The molecule has 0 saturated carbocycles. The van der Waals surface area contributed by atoms with Gasteiger partial charge in [0.1, 0.15) is 23.0 Å². The predicted octanol–water partition coefficient (Wildman–Crippen LogP) is 23.5. The Hall–Kier alpha value is -12.6. The number of hydrogen-bond donors (Lipinski definition) is 0. The second-order valence-corrected chi connectivity index (χ2v) is 31.7. The molecule has 522 valence electrons. The summed E-state index contributed by atoms with van der Waals surface area (Å²) in [7, 11) is 0. The minimum Gasteiger partial charge on any atom is -0.459 e. The van der Waals surface area contributed by atoms with Gasteiger partial charge in [-0.25, -0.2) is 0 Å². The van der Waals surface area contributed by atoms with Gasteiger partial charge in [-0.15, -0.1) is 0 Å². The third-order valence-electron chi connectivity index (χ3n) is 21.8. The molecule has 5 heterocycles. The van der Waals surface area contributed by atoms with E-state index in [1.54, 1.807) is 60.7 Å². The van der Waals surface area contributed by atoms with Crippen LogP contribution in [0.15, 0.2) is 327 Å². The average molecular weight is 1420 g/mol. The lowest BCUT2D eigenvalue weighted by molar-refractivity contribution is 0.467. The summed E-state index contributed by atoms with van der Waals surface area (Å²) in [5, 5.41) is -0.171. The van der Waals surface area contributed by atoms with Crippen LogP contribution in [0.25, 0.3) is 94.3 Å². The summed E-state index contributed by atoms with van der Waals surface area (Å²) in [5.41, 5.74) is 7.74. The molecule has 20 rings (SSSR count). The molecule has 0 N–H and O–H groups in total. The van der Waals surface area contributed by atoms with Gasteiger partial charge in [0.25, 0.3) is 13.4 Å². The first-order valence-corrected chi connectivity index (χ1v) is 37.0. The number of benzene rings is 15. The van der Waals surface area contributed by atoms with E-state index in [1.165, 1.54) is 4.57 Å². The van der Waals surface area contributed by atoms with Crippen LogP contribution >= 0.6 is 0 Å². The van der Waals surface area contributed by atoms with Crippen molar-refractivity contribution in [3.8, 4) is 95.4 Å². The third kappa shape index (κ3) is 10.7. The molecule has 15 aromatic carbocycles. The highest BCUT2D eigenvalue weighted by molar-refractivity contribution is 7.03. The lowest BCUT2D eigenvalue weighted by atomic mass is 9.30. The van der Waals surface area contributed by atoms with E-state index in [4.69, 9.17) is 9.47 Å². The van der Waals surface area contributed by atoms with Crippen LogP contribution in [0.3, 0.4) is 0 Å². The Kier molecular flexibility index (Phi) is 11.3. The minimum absolute atomic E-state index is 0.0132. The largest absolute Gasteiger partial charge is 0.459 e. The lowest BCUT2D eigenvalue weighted by Gasteiger charge is -2.48. The molecule has 0 unspecified atom stereocenters. The highest BCUT2D eigenvalue weighted by Crippen LogP contribution is 2.57. The second-order valence-electron chi connectivity index (χ2n) is 31.7. The van der Waals surface area contributed by atoms with Crippen molar-refractivity contribution >= 4 is 102 Å². The van der Waals surface area contributed by atoms with E-state index in [1.807, 2.05) is 131 Å². The molecule has 7 heteroatoms. The number of anilines is 6. The average Bonchev–Trinajstić information content (AvgIpc) is 0.833. The highest BCUT2D eigenvalue weighted by atomic mass is 16.5. The number of fused-ring (bicyclic) bond motifs is 12. The molecule has 4 aliphatic rings. The first-order chi connectivity index (χ1) is 60.5. The summed E-state index contributed by atoms with van der Waals surface area (Å²) in [6.07, 6.45) is 0. The van der Waals surface area contributed by atoms with Gasteiger partial charge in [0.2, 0.25) is 0 Å². The molecule has 4 aliphatic heterocycles. The normalized spacial score (nSPS) is 15.6. The summed E-state index contributed by atoms with van der Waals surface area (Å²) < 4.78 is 204. The fourth-order valence-electron chi connectivity index (χ4n) is 16.4. The molecule has 0 aliphatic carbocycles. The molecule has 16 aromatic rings. The molecule has 0 atom stereocenters. The summed E-state index contributed by atoms with van der Waals surface area (Å²) in [4.78, 5) is 4.02. The van der Waals surface area contributed by atoms with Gasteiger partial charge in [0.15, 0.2) is 0 Å². The van der Waals surface area contributed by atoms with Gasteiger partial charge in [-0.05, 0) is 189 Å². The molecule has 0 saturated heterocycles. The number of aromatic nitrogens is 1. The second kappa shape index (κ2) is 25.0. The zero-order chi connectivity index (χ0) is 89.4. The van der Waals surface area contributed by atoms with Crippen LogP contribution in [0.5, 0.6) is 23.0 Å². The quantitative estimate of drug-likeness (QED) is 0.135. The Morgan fingerprint density at radius 1 is 0.303 bits per heavy atom. The number of para-hydroxylation sites is 2. The van der Waals surface area contributed by atoms with E-state index >= 15 is 0 Å². The van der Waals surface area contributed by atoms with E-state index < -0.39 is 144 Å². The molecule has 1 aromatic heterocycles. The zero-order valence-corrected chi connectivity index (χ0v) is 61.6. The van der Waals surface area contributed by atoms with Crippen molar-refractivity contribution in [2.45, 2.75) is 78.6 Å². The molecule has 109 heavy (non-hydrogen) atoms. The molecule has 0 radical (unpaired) electrons. The first-order valence-electron chi connectivity index (χ1n) is 46.0. The molecular formula is C102H81B2N3O2. The van der Waals surface area contributed by atoms with E-state index in [-0.39, 0.29) is 95.2 Å². The lowest BCUT2D eigenvalue weighted by Crippen LogP contribution is -2.65. The van der Waals surface area contributed by atoms with Gasteiger partial charge in [-0.3, -0.25) is 0 Å². The standard InChI is InChI=1S/C102H81B2N3O2/c1-100(2,3)72-56-76(66-36-20-12-21-37-66)97(77(57-72)67-38-22-13-23-39-67)106-87-62-75(105-85-52-48-70(64-32-16-10-17-33-64)54-80(85)81-55-71(49-53-86(81)105)65-34-18-11-19-35-65)50-51-82(87)104-94-88(106)60-74(102(7,8)9)61-89(94)107(98-78(68-40-24-14-25-41-68)58-73(101(4,5)6)59-79(98)69-42-26-15-27-43-69)90-63-93-96-99(95(90)104)109-92-47-31-29-45-84(92)103(96)83-44-28-30-46-91(83)108-93/h10-63H,1-9H3/i28D,29D,30D,31D,44D,45D,46D,47D,48D,49D,50D,51D,52D,53D,54D,55D,62D,63D. The third-order valence-corrected chi connectivity index (χ3v) is 21.8. The van der Waals surface area contributed by atoms with Gasteiger partial charge in [0, 0.05) is 73.0 Å². The van der Waals surface area contributed by atoms with Crippen LogP contribution < -0.4 is 52.1 Å². The minimum atomic E-state index is -1.62. The fraction of sp³-hybridized carbons (Fsp3) is 0.118. The van der Waals surface area contributed by atoms with Crippen LogP contribution in [0.2, 0.25) is 0 Å². The Bertz CT molecular complexity index is 7230.